The van der Waals surface area contributed by atoms with Crippen molar-refractivity contribution >= 4 is 44.6 Å². The van der Waals surface area contributed by atoms with Crippen molar-refractivity contribution in [3.8, 4) is 23.1 Å². The van der Waals surface area contributed by atoms with E-state index in [2.05, 4.69) is 38.3 Å². The predicted molar refractivity (Wildman–Crippen MR) is 169 cm³/mol. The third-order valence-electron chi connectivity index (χ3n) is 8.74. The molecule has 0 spiro atoms. The van der Waals surface area contributed by atoms with E-state index in [1.54, 1.807) is 18.5 Å². The van der Waals surface area contributed by atoms with Crippen LogP contribution < -0.4 is 15.0 Å². The summed E-state index contributed by atoms with van der Waals surface area (Å²) in [6.07, 6.45) is 11.8. The lowest BCUT2D eigenvalue weighted by Gasteiger charge is -2.41. The minimum atomic E-state index is -3.06. The molecular weight excluding hydrogens is 622 g/mol. The van der Waals surface area contributed by atoms with Crippen LogP contribution >= 0.6 is 22.9 Å². The highest BCUT2D eigenvalue weighted by molar-refractivity contribution is 7.20. The van der Waals surface area contributed by atoms with E-state index in [4.69, 9.17) is 21.3 Å². The largest absolute Gasteiger partial charge is 0.434 e. The zero-order valence-corrected chi connectivity index (χ0v) is 26.3. The Balaban J connectivity index is 1.26. The van der Waals surface area contributed by atoms with Crippen LogP contribution in [0.5, 0.6) is 5.75 Å². The Morgan fingerprint density at radius 2 is 2.07 bits per heavy atom. The number of aromatic nitrogens is 4. The summed E-state index contributed by atoms with van der Waals surface area (Å²) in [6, 6.07) is 9.00. The molecule has 0 radical (unpaired) electrons. The smallest absolute Gasteiger partial charge is 0.387 e. The minimum Gasteiger partial charge on any atom is -0.434 e. The quantitative estimate of drug-likeness (QED) is 0.211. The van der Waals surface area contributed by atoms with Gasteiger partial charge < -0.3 is 19.9 Å². The maximum atomic E-state index is 13.5. The van der Waals surface area contributed by atoms with E-state index >= 15 is 0 Å². The second kappa shape index (κ2) is 13.2. The van der Waals surface area contributed by atoms with Crippen molar-refractivity contribution in [1.29, 1.82) is 5.26 Å². The number of ether oxygens (including phenoxy) is 1. The molecule has 0 unspecified atom stereocenters. The molecule has 6 rings (SSSR count). The van der Waals surface area contributed by atoms with Gasteiger partial charge in [0.1, 0.15) is 22.0 Å². The lowest BCUT2D eigenvalue weighted by Crippen LogP contribution is -2.47. The van der Waals surface area contributed by atoms with Gasteiger partial charge in [0, 0.05) is 48.7 Å². The van der Waals surface area contributed by atoms with Crippen LogP contribution in [0.15, 0.2) is 42.9 Å². The van der Waals surface area contributed by atoms with E-state index in [0.717, 1.165) is 45.1 Å². The molecule has 1 aliphatic heterocycles. The summed E-state index contributed by atoms with van der Waals surface area (Å²) >= 11 is 7.55. The topological polar surface area (TPSA) is 112 Å². The Kier molecular flexibility index (Phi) is 9.16. The number of nitrogens with one attached hydrogen (secondary N) is 1. The Morgan fingerprint density at radius 3 is 2.80 bits per heavy atom. The van der Waals surface area contributed by atoms with Crippen molar-refractivity contribution in [2.75, 3.05) is 36.9 Å². The summed E-state index contributed by atoms with van der Waals surface area (Å²) < 4.78 is 33.0. The number of alkyl halides is 2. The Labute approximate surface area is 268 Å². The fourth-order valence-electron chi connectivity index (χ4n) is 6.39. The highest BCUT2D eigenvalue weighted by atomic mass is 35.5. The summed E-state index contributed by atoms with van der Waals surface area (Å²) in [5.41, 5.74) is 0.875. The normalized spacial score (nSPS) is 17.1. The molecule has 10 nitrogen and oxygen atoms in total. The first-order valence-corrected chi connectivity index (χ1v) is 16.2. The van der Waals surface area contributed by atoms with E-state index in [1.165, 1.54) is 46.7 Å². The molecule has 0 atom stereocenters. The number of piperidine rings is 1. The number of amides is 1. The molecule has 0 bridgehead atoms. The molecular formula is C31H33ClF2N8O2S. The lowest BCUT2D eigenvalue weighted by molar-refractivity contribution is -0.0494. The average molecular weight is 655 g/mol. The van der Waals surface area contributed by atoms with Crippen LogP contribution in [0.2, 0.25) is 5.02 Å². The first-order chi connectivity index (χ1) is 21.7. The first-order valence-electron chi connectivity index (χ1n) is 15.0. The molecule has 1 aliphatic carbocycles. The number of halogens is 3. The highest BCUT2D eigenvalue weighted by Crippen LogP contribution is 2.44. The van der Waals surface area contributed by atoms with Gasteiger partial charge in [-0.25, -0.2) is 14.5 Å². The molecule has 4 heterocycles. The maximum Gasteiger partial charge on any atom is 0.387 e. The van der Waals surface area contributed by atoms with Crippen LogP contribution in [0.25, 0.3) is 16.9 Å². The molecule has 45 heavy (non-hydrogen) atoms. The molecule has 1 saturated heterocycles. The number of rotatable bonds is 9. The second-order valence-electron chi connectivity index (χ2n) is 11.7. The average Bonchev–Trinajstić information content (AvgIpc) is 3.67. The number of hydrogen-bond acceptors (Lipinski definition) is 9. The molecule has 2 aliphatic rings. The van der Waals surface area contributed by atoms with E-state index in [0.29, 0.717) is 39.9 Å². The number of carbonyl (C=O) groups excluding carboxylic acids is 1. The minimum absolute atomic E-state index is 0.103. The Morgan fingerprint density at radius 1 is 1.29 bits per heavy atom. The lowest BCUT2D eigenvalue weighted by atomic mass is 9.74. The van der Waals surface area contributed by atoms with Crippen LogP contribution in [-0.4, -0.2) is 69.7 Å². The van der Waals surface area contributed by atoms with Gasteiger partial charge in [-0.15, -0.1) is 0 Å². The number of nitriles is 1. The number of thiazole rings is 1. The monoisotopic (exact) mass is 654 g/mol. The summed E-state index contributed by atoms with van der Waals surface area (Å²) in [4.78, 5) is 27.1. The van der Waals surface area contributed by atoms with Gasteiger partial charge in [-0.05, 0) is 57.0 Å². The molecule has 1 N–H and O–H groups in total. The van der Waals surface area contributed by atoms with E-state index in [-0.39, 0.29) is 28.0 Å². The molecule has 1 saturated carbocycles. The van der Waals surface area contributed by atoms with Crippen molar-refractivity contribution in [3.05, 3.63) is 53.4 Å². The zero-order valence-electron chi connectivity index (χ0n) is 24.8. The molecule has 1 amide bonds. The van der Waals surface area contributed by atoms with Crippen LogP contribution in [0.4, 0.5) is 18.9 Å². The van der Waals surface area contributed by atoms with Crippen molar-refractivity contribution in [2.24, 2.45) is 5.41 Å². The number of benzene rings is 1. The molecule has 4 aromatic rings. The second-order valence-corrected chi connectivity index (χ2v) is 13.1. The van der Waals surface area contributed by atoms with E-state index < -0.39 is 12.5 Å². The predicted octanol–water partition coefficient (Wildman–Crippen LogP) is 6.73. The van der Waals surface area contributed by atoms with Crippen molar-refractivity contribution < 1.29 is 18.3 Å². The summed E-state index contributed by atoms with van der Waals surface area (Å²) in [6.45, 7) is -0.868. The van der Waals surface area contributed by atoms with Crippen molar-refractivity contribution in [1.82, 2.24) is 24.5 Å². The number of carbonyl (C=O) groups is 1. The molecule has 236 valence electrons. The molecule has 1 aromatic carbocycles. The standard InChI is InChI=1S/C31H33ClF2N8O2S/c1-40(19-31(18-35)10-3-2-4-11-31)21-8-14-41(15-9-21)30-38-25(22-16-20(32)6-7-24(22)44-29(33)34)28(45-30)39-27(43)23-17-37-42-13-5-12-36-26(23)42/h5-7,12-13,16-17,21,29H,2-4,8-11,14-15,19H2,1H3,(H,39,43). The van der Waals surface area contributed by atoms with Crippen LogP contribution in [-0.2, 0) is 0 Å². The molecule has 3 aromatic heterocycles. The molecule has 2 fully saturated rings. The van der Waals surface area contributed by atoms with Gasteiger partial charge >= 0.3 is 6.61 Å². The third kappa shape index (κ3) is 6.73. The first kappa shape index (κ1) is 31.1. The van der Waals surface area contributed by atoms with Crippen LogP contribution in [0.1, 0.15) is 55.3 Å². The Hall–Kier alpha value is -3.86. The van der Waals surface area contributed by atoms with Crippen molar-refractivity contribution in [2.45, 2.75) is 57.6 Å². The van der Waals surface area contributed by atoms with Crippen LogP contribution in [0, 0.1) is 16.7 Å². The fourth-order valence-corrected chi connectivity index (χ4v) is 7.59. The number of anilines is 2. The SMILES string of the molecule is CN(CC1(C#N)CCCCC1)C1CCN(c2nc(-c3cc(Cl)ccc3OC(F)F)c(NC(=O)c3cnn4cccnc34)s2)CC1. The number of nitrogens with zero attached hydrogens (tertiary/aromatic N) is 7. The zero-order chi connectivity index (χ0) is 31.6. The summed E-state index contributed by atoms with van der Waals surface area (Å²) in [5, 5.41) is 18.4. The van der Waals surface area contributed by atoms with Crippen LogP contribution in [0.3, 0.4) is 0 Å². The molecule has 14 heteroatoms. The highest BCUT2D eigenvalue weighted by Gasteiger charge is 2.36. The van der Waals surface area contributed by atoms with E-state index in [9.17, 15) is 18.8 Å². The van der Waals surface area contributed by atoms with Gasteiger partial charge in [-0.1, -0.05) is 42.2 Å². The number of fused-ring (bicyclic) bond motifs is 1. The van der Waals surface area contributed by atoms with Gasteiger partial charge in [0.25, 0.3) is 5.91 Å². The summed E-state index contributed by atoms with van der Waals surface area (Å²) in [5.74, 6) is -0.568. The van der Waals surface area contributed by atoms with Gasteiger partial charge in [-0.3, -0.25) is 4.79 Å². The number of hydrogen-bond donors (Lipinski definition) is 1. The fraction of sp³-hybridized carbons (Fsp3) is 0.452. The summed E-state index contributed by atoms with van der Waals surface area (Å²) in [7, 11) is 2.11. The Bertz CT molecular complexity index is 1710. The van der Waals surface area contributed by atoms with E-state index in [1.807, 2.05) is 0 Å². The van der Waals surface area contributed by atoms with Gasteiger partial charge in [-0.2, -0.15) is 19.1 Å². The van der Waals surface area contributed by atoms with Gasteiger partial charge in [0.2, 0.25) is 0 Å². The van der Waals surface area contributed by atoms with Gasteiger partial charge in [0.05, 0.1) is 17.7 Å². The van der Waals surface area contributed by atoms with Crippen molar-refractivity contribution in [3.63, 3.8) is 0 Å². The maximum absolute atomic E-state index is 13.5. The van der Waals surface area contributed by atoms with Gasteiger partial charge in [0.15, 0.2) is 10.8 Å². The third-order valence-corrected chi connectivity index (χ3v) is 10.0.